The zero-order chi connectivity index (χ0) is 4.12. The summed E-state index contributed by atoms with van der Waals surface area (Å²) in [6.45, 7) is 0. The summed E-state index contributed by atoms with van der Waals surface area (Å²) in [6, 6.07) is 0. The Kier molecular flexibility index (Phi) is 36.6. The molecule has 0 spiro atoms. The monoisotopic (exact) mass is 168 g/mol. The molecular formula is C6H7Y-. The third-order valence-corrected chi connectivity index (χ3v) is 0.204. The molecule has 7 heavy (non-hydrogen) atoms. The molecule has 0 aromatic carbocycles. The number of terminal acetylenes is 2. The van der Waals surface area contributed by atoms with Gasteiger partial charge in [0, 0.05) is 32.7 Å². The van der Waals surface area contributed by atoms with Crippen LogP contribution in [0.3, 0.4) is 0 Å². The minimum absolute atomic E-state index is 0. The Hall–Kier alpha value is 0.224. The molecule has 0 amide bonds. The summed E-state index contributed by atoms with van der Waals surface area (Å²) in [4.78, 5) is 0. The molecule has 0 N–H and O–H groups in total. The summed E-state index contributed by atoms with van der Waals surface area (Å²) in [5, 5.41) is 0. The summed E-state index contributed by atoms with van der Waals surface area (Å²) < 4.78 is 0. The quantitative estimate of drug-likeness (QED) is 0.375. The van der Waals surface area contributed by atoms with E-state index in [0.717, 1.165) is 0 Å². The van der Waals surface area contributed by atoms with E-state index in [2.05, 4.69) is 11.8 Å². The maximum Gasteiger partial charge on any atom is 0.0697 e. The Morgan fingerprint density at radius 3 is 1.43 bits per heavy atom. The van der Waals surface area contributed by atoms with Gasteiger partial charge in [-0.3, -0.25) is 0 Å². The fourth-order valence-corrected chi connectivity index (χ4v) is 0.0589. The molecule has 0 atom stereocenters. The van der Waals surface area contributed by atoms with Crippen LogP contribution in [0.5, 0.6) is 0 Å². The van der Waals surface area contributed by atoms with Crippen molar-refractivity contribution in [2.75, 3.05) is 0 Å². The van der Waals surface area contributed by atoms with Crippen LogP contribution < -0.4 is 0 Å². The van der Waals surface area contributed by atoms with Gasteiger partial charge in [-0.25, -0.2) is 0 Å². The van der Waals surface area contributed by atoms with E-state index in [1.54, 1.807) is 0 Å². The van der Waals surface area contributed by atoms with Crippen molar-refractivity contribution in [2.45, 2.75) is 6.42 Å². The van der Waals surface area contributed by atoms with Crippen LogP contribution in [-0.2, 0) is 32.7 Å². The third-order valence-electron chi connectivity index (χ3n) is 0.204. The summed E-state index contributed by atoms with van der Waals surface area (Å²) in [6.07, 6.45) is 9.94. The van der Waals surface area contributed by atoms with Gasteiger partial charge < -0.3 is 7.43 Å². The van der Waals surface area contributed by atoms with Crippen LogP contribution in [0.4, 0.5) is 0 Å². The fraction of sp³-hybridized carbons (Fsp3) is 0.167. The summed E-state index contributed by atoms with van der Waals surface area (Å²) >= 11 is 0. The molecule has 0 aliphatic rings. The molecule has 0 saturated heterocycles. The first-order chi connectivity index (χ1) is 2.41. The van der Waals surface area contributed by atoms with Gasteiger partial charge in [0.2, 0.25) is 0 Å². The molecule has 0 bridgehead atoms. The van der Waals surface area contributed by atoms with E-state index in [4.69, 9.17) is 12.8 Å². The number of rotatable bonds is 0. The SMILES string of the molecule is C#CCC#C.[CH3-].[Y]. The van der Waals surface area contributed by atoms with Gasteiger partial charge in [0.25, 0.3) is 0 Å². The largest absolute Gasteiger partial charge is 0.358 e. The maximum atomic E-state index is 4.75. The van der Waals surface area contributed by atoms with Crippen molar-refractivity contribution >= 4 is 0 Å². The smallest absolute Gasteiger partial charge is 0.0697 e. The second-order valence-corrected chi connectivity index (χ2v) is 0.585. The molecule has 0 aliphatic carbocycles. The summed E-state index contributed by atoms with van der Waals surface area (Å²) in [5.41, 5.74) is 0. The summed E-state index contributed by atoms with van der Waals surface area (Å²) in [7, 11) is 0. The minimum Gasteiger partial charge on any atom is -0.358 e. The molecule has 0 unspecified atom stereocenters. The second-order valence-electron chi connectivity index (χ2n) is 0.585. The molecule has 0 saturated carbocycles. The zero-order valence-electron chi connectivity index (χ0n) is 4.44. The predicted molar refractivity (Wildman–Crippen MR) is 28.7 cm³/mol. The molecule has 0 fully saturated rings. The molecule has 0 aromatic rings. The molecule has 35 valence electrons. The van der Waals surface area contributed by atoms with Crippen molar-refractivity contribution in [3.05, 3.63) is 7.43 Å². The normalized spacial score (nSPS) is 3.14. The Labute approximate surface area is 71.0 Å². The molecule has 0 aliphatic heterocycles. The molecule has 0 nitrogen and oxygen atoms in total. The van der Waals surface area contributed by atoms with Gasteiger partial charge in [0.1, 0.15) is 0 Å². The van der Waals surface area contributed by atoms with Gasteiger partial charge in [0.05, 0.1) is 6.42 Å². The van der Waals surface area contributed by atoms with E-state index in [0.29, 0.717) is 6.42 Å². The average Bonchev–Trinajstić information content (AvgIpc) is 1.41. The van der Waals surface area contributed by atoms with Crippen LogP contribution in [0.2, 0.25) is 0 Å². The van der Waals surface area contributed by atoms with Crippen molar-refractivity contribution in [3.63, 3.8) is 0 Å². The Morgan fingerprint density at radius 2 is 1.43 bits per heavy atom. The van der Waals surface area contributed by atoms with E-state index in [1.165, 1.54) is 0 Å². The topological polar surface area (TPSA) is 0 Å². The van der Waals surface area contributed by atoms with Crippen LogP contribution in [0, 0.1) is 32.1 Å². The first-order valence-electron chi connectivity index (χ1n) is 1.28. The van der Waals surface area contributed by atoms with Crippen molar-refractivity contribution in [1.82, 2.24) is 0 Å². The van der Waals surface area contributed by atoms with Crippen LogP contribution in [0.25, 0.3) is 0 Å². The summed E-state index contributed by atoms with van der Waals surface area (Å²) in [5.74, 6) is 4.56. The molecular weight excluding hydrogens is 161 g/mol. The van der Waals surface area contributed by atoms with Crippen LogP contribution in [0.1, 0.15) is 6.42 Å². The van der Waals surface area contributed by atoms with Gasteiger partial charge in [-0.2, -0.15) is 0 Å². The van der Waals surface area contributed by atoms with E-state index in [1.807, 2.05) is 0 Å². The van der Waals surface area contributed by atoms with E-state index in [-0.39, 0.29) is 40.1 Å². The van der Waals surface area contributed by atoms with Crippen molar-refractivity contribution < 1.29 is 32.7 Å². The van der Waals surface area contributed by atoms with Crippen LogP contribution >= 0.6 is 0 Å². The van der Waals surface area contributed by atoms with E-state index >= 15 is 0 Å². The van der Waals surface area contributed by atoms with Crippen LogP contribution in [0.15, 0.2) is 0 Å². The van der Waals surface area contributed by atoms with Crippen molar-refractivity contribution in [3.8, 4) is 24.7 Å². The van der Waals surface area contributed by atoms with Gasteiger partial charge in [0.15, 0.2) is 0 Å². The second kappa shape index (κ2) is 16.3. The van der Waals surface area contributed by atoms with Gasteiger partial charge in [-0.15, -0.1) is 12.8 Å². The standard InChI is InChI=1S/C5H4.CH3.Y/c1-3-5-4-2;;/h1-2H,5H2;1H3;/q;-1;. The van der Waals surface area contributed by atoms with Crippen LogP contribution in [-0.4, -0.2) is 0 Å². The zero-order valence-corrected chi connectivity index (χ0v) is 7.28. The molecule has 1 radical (unpaired) electrons. The Balaban J connectivity index is -0.0000000800. The third kappa shape index (κ3) is 22.5. The maximum absolute atomic E-state index is 4.75. The molecule has 0 aromatic heterocycles. The van der Waals surface area contributed by atoms with Gasteiger partial charge in [-0.1, -0.05) is 11.8 Å². The van der Waals surface area contributed by atoms with Crippen molar-refractivity contribution in [1.29, 1.82) is 0 Å². The Morgan fingerprint density at radius 1 is 1.14 bits per heavy atom. The van der Waals surface area contributed by atoms with Gasteiger partial charge in [-0.05, 0) is 0 Å². The molecule has 1 heteroatoms. The average molecular weight is 168 g/mol. The molecule has 0 heterocycles. The predicted octanol–water partition coefficient (Wildman–Crippen LogP) is 1.09. The number of hydrogen-bond donors (Lipinski definition) is 0. The van der Waals surface area contributed by atoms with Crippen molar-refractivity contribution in [2.24, 2.45) is 0 Å². The first-order valence-corrected chi connectivity index (χ1v) is 1.28. The number of hydrogen-bond acceptors (Lipinski definition) is 0. The van der Waals surface area contributed by atoms with E-state index in [9.17, 15) is 0 Å². The first kappa shape index (κ1) is 15.7. The fourth-order valence-electron chi connectivity index (χ4n) is 0.0589. The Bertz CT molecular complexity index is 69.3. The minimum atomic E-state index is 0. The van der Waals surface area contributed by atoms with E-state index < -0.39 is 0 Å². The molecule has 0 rings (SSSR count). The van der Waals surface area contributed by atoms with Gasteiger partial charge >= 0.3 is 0 Å².